The predicted molar refractivity (Wildman–Crippen MR) is 53.4 cm³/mol. The van der Waals surface area contributed by atoms with Crippen LogP contribution in [-0.2, 0) is 0 Å². The van der Waals surface area contributed by atoms with Crippen molar-refractivity contribution in [2.75, 3.05) is 19.0 Å². The highest BCUT2D eigenvalue weighted by Crippen LogP contribution is 2.03. The van der Waals surface area contributed by atoms with Crippen LogP contribution >= 0.6 is 11.6 Å². The standard InChI is InChI=1S/C9H13ClN2O2/c1-2-5-12(6-4-10)9(13)8-3-7-14-11-8/h3,7H,2,4-6H2,1H3. The Bertz CT molecular complexity index is 268. The van der Waals surface area contributed by atoms with Gasteiger partial charge in [-0.15, -0.1) is 11.6 Å². The third kappa shape index (κ3) is 2.73. The summed E-state index contributed by atoms with van der Waals surface area (Å²) in [5, 5.41) is 3.59. The molecule has 14 heavy (non-hydrogen) atoms. The molecular weight excluding hydrogens is 204 g/mol. The summed E-state index contributed by atoms with van der Waals surface area (Å²) in [6, 6.07) is 1.55. The zero-order valence-corrected chi connectivity index (χ0v) is 8.83. The van der Waals surface area contributed by atoms with Crippen LogP contribution in [0.25, 0.3) is 0 Å². The first-order valence-electron chi connectivity index (χ1n) is 4.55. The fourth-order valence-corrected chi connectivity index (χ4v) is 1.38. The van der Waals surface area contributed by atoms with Crippen molar-refractivity contribution >= 4 is 17.5 Å². The highest BCUT2D eigenvalue weighted by molar-refractivity contribution is 6.18. The van der Waals surface area contributed by atoms with Crippen molar-refractivity contribution < 1.29 is 9.32 Å². The van der Waals surface area contributed by atoms with Crippen LogP contribution in [0, 0.1) is 0 Å². The Balaban J connectivity index is 2.63. The van der Waals surface area contributed by atoms with Gasteiger partial charge in [-0.25, -0.2) is 0 Å². The SMILES string of the molecule is CCCN(CCCl)C(=O)c1ccon1. The molecule has 0 aliphatic carbocycles. The number of aromatic nitrogens is 1. The molecule has 0 aliphatic rings. The molecule has 0 aromatic carbocycles. The van der Waals surface area contributed by atoms with Gasteiger partial charge in [0.05, 0.1) is 0 Å². The Kier molecular flexibility index (Phi) is 4.46. The molecule has 0 aliphatic heterocycles. The average Bonchev–Trinajstić information content (AvgIpc) is 2.69. The lowest BCUT2D eigenvalue weighted by atomic mass is 10.3. The molecule has 0 radical (unpaired) electrons. The molecule has 78 valence electrons. The Morgan fingerprint density at radius 3 is 2.93 bits per heavy atom. The molecule has 0 saturated heterocycles. The van der Waals surface area contributed by atoms with Gasteiger partial charge in [-0.1, -0.05) is 12.1 Å². The number of halogens is 1. The number of carbonyl (C=O) groups excluding carboxylic acids is 1. The molecule has 5 heteroatoms. The molecule has 0 atom stereocenters. The Morgan fingerprint density at radius 1 is 1.64 bits per heavy atom. The molecular formula is C9H13ClN2O2. The van der Waals surface area contributed by atoms with Gasteiger partial charge >= 0.3 is 0 Å². The van der Waals surface area contributed by atoms with Crippen LogP contribution in [-0.4, -0.2) is 34.9 Å². The Hall–Kier alpha value is -1.03. The Labute approximate surface area is 87.8 Å². The lowest BCUT2D eigenvalue weighted by Gasteiger charge is -2.19. The van der Waals surface area contributed by atoms with Gasteiger partial charge in [0.15, 0.2) is 5.69 Å². The number of hydrogen-bond acceptors (Lipinski definition) is 3. The minimum Gasteiger partial charge on any atom is -0.364 e. The van der Waals surface area contributed by atoms with E-state index in [0.717, 1.165) is 6.42 Å². The van der Waals surface area contributed by atoms with Crippen LogP contribution in [0.3, 0.4) is 0 Å². The first kappa shape index (κ1) is 11.0. The number of carbonyl (C=O) groups is 1. The molecule has 0 bridgehead atoms. The van der Waals surface area contributed by atoms with Gasteiger partial charge in [0, 0.05) is 25.0 Å². The summed E-state index contributed by atoms with van der Waals surface area (Å²) >= 11 is 5.60. The van der Waals surface area contributed by atoms with E-state index < -0.39 is 0 Å². The quantitative estimate of drug-likeness (QED) is 0.705. The maximum absolute atomic E-state index is 11.7. The van der Waals surface area contributed by atoms with E-state index in [1.165, 1.54) is 6.26 Å². The van der Waals surface area contributed by atoms with Gasteiger partial charge in [-0.05, 0) is 6.42 Å². The van der Waals surface area contributed by atoms with Crippen molar-refractivity contribution in [3.63, 3.8) is 0 Å². The van der Waals surface area contributed by atoms with E-state index in [1.54, 1.807) is 11.0 Å². The van der Waals surface area contributed by atoms with Crippen LogP contribution in [0.5, 0.6) is 0 Å². The van der Waals surface area contributed by atoms with Crippen LogP contribution in [0.15, 0.2) is 16.9 Å². The molecule has 0 fully saturated rings. The lowest BCUT2D eigenvalue weighted by molar-refractivity contribution is 0.0755. The van der Waals surface area contributed by atoms with Crippen LogP contribution < -0.4 is 0 Å². The second kappa shape index (κ2) is 5.65. The van der Waals surface area contributed by atoms with E-state index >= 15 is 0 Å². The summed E-state index contributed by atoms with van der Waals surface area (Å²) in [7, 11) is 0. The summed E-state index contributed by atoms with van der Waals surface area (Å²) in [5.41, 5.74) is 0.337. The smallest absolute Gasteiger partial charge is 0.276 e. The first-order valence-corrected chi connectivity index (χ1v) is 5.08. The predicted octanol–water partition coefficient (Wildman–Crippen LogP) is 1.77. The molecule has 0 unspecified atom stereocenters. The normalized spacial score (nSPS) is 10.1. The van der Waals surface area contributed by atoms with E-state index in [0.29, 0.717) is 24.7 Å². The van der Waals surface area contributed by atoms with Gasteiger partial charge in [0.2, 0.25) is 0 Å². The zero-order valence-electron chi connectivity index (χ0n) is 8.07. The van der Waals surface area contributed by atoms with Gasteiger partial charge in [-0.2, -0.15) is 0 Å². The van der Waals surface area contributed by atoms with E-state index in [9.17, 15) is 4.79 Å². The van der Waals surface area contributed by atoms with Gasteiger partial charge in [-0.3, -0.25) is 4.79 Å². The van der Waals surface area contributed by atoms with Gasteiger partial charge in [0.25, 0.3) is 5.91 Å². The molecule has 1 aromatic rings. The number of amides is 1. The highest BCUT2D eigenvalue weighted by atomic mass is 35.5. The molecule has 4 nitrogen and oxygen atoms in total. The Morgan fingerprint density at radius 2 is 2.43 bits per heavy atom. The fourth-order valence-electron chi connectivity index (χ4n) is 1.17. The van der Waals surface area contributed by atoms with E-state index in [4.69, 9.17) is 11.6 Å². The van der Waals surface area contributed by atoms with Crippen LogP contribution in [0.4, 0.5) is 0 Å². The van der Waals surface area contributed by atoms with Crippen LogP contribution in [0.2, 0.25) is 0 Å². The van der Waals surface area contributed by atoms with Gasteiger partial charge < -0.3 is 9.42 Å². The van der Waals surface area contributed by atoms with E-state index in [2.05, 4.69) is 9.68 Å². The molecule has 0 saturated carbocycles. The minimum atomic E-state index is -0.124. The maximum atomic E-state index is 11.7. The van der Waals surface area contributed by atoms with Crippen molar-refractivity contribution in [3.05, 3.63) is 18.0 Å². The van der Waals surface area contributed by atoms with Crippen molar-refractivity contribution in [2.45, 2.75) is 13.3 Å². The summed E-state index contributed by atoms with van der Waals surface area (Å²) in [6.45, 7) is 3.25. The summed E-state index contributed by atoms with van der Waals surface area (Å²) in [6.07, 6.45) is 2.29. The third-order valence-electron chi connectivity index (χ3n) is 1.79. The number of nitrogens with zero attached hydrogens (tertiary/aromatic N) is 2. The van der Waals surface area contributed by atoms with Gasteiger partial charge in [0.1, 0.15) is 6.26 Å². The molecule has 1 amide bonds. The van der Waals surface area contributed by atoms with Crippen molar-refractivity contribution in [1.29, 1.82) is 0 Å². The molecule has 0 N–H and O–H groups in total. The zero-order chi connectivity index (χ0) is 10.4. The van der Waals surface area contributed by atoms with Crippen molar-refractivity contribution in [3.8, 4) is 0 Å². The summed E-state index contributed by atoms with van der Waals surface area (Å²) < 4.78 is 4.61. The van der Waals surface area contributed by atoms with Crippen molar-refractivity contribution in [2.24, 2.45) is 0 Å². The molecule has 1 rings (SSSR count). The molecule has 0 spiro atoms. The highest BCUT2D eigenvalue weighted by Gasteiger charge is 2.16. The average molecular weight is 217 g/mol. The third-order valence-corrected chi connectivity index (χ3v) is 1.96. The summed E-state index contributed by atoms with van der Waals surface area (Å²) in [4.78, 5) is 13.4. The molecule has 1 heterocycles. The summed E-state index contributed by atoms with van der Waals surface area (Å²) in [5.74, 6) is 0.310. The lowest BCUT2D eigenvalue weighted by Crippen LogP contribution is -2.33. The van der Waals surface area contributed by atoms with E-state index in [1.807, 2.05) is 6.92 Å². The largest absolute Gasteiger partial charge is 0.364 e. The van der Waals surface area contributed by atoms with Crippen LogP contribution in [0.1, 0.15) is 23.8 Å². The fraction of sp³-hybridized carbons (Fsp3) is 0.556. The monoisotopic (exact) mass is 216 g/mol. The first-order chi connectivity index (χ1) is 6.79. The maximum Gasteiger partial charge on any atom is 0.276 e. The second-order valence-corrected chi connectivity index (χ2v) is 3.24. The number of alkyl halides is 1. The second-order valence-electron chi connectivity index (χ2n) is 2.87. The topological polar surface area (TPSA) is 46.3 Å². The molecule has 1 aromatic heterocycles. The van der Waals surface area contributed by atoms with E-state index in [-0.39, 0.29) is 5.91 Å². The number of rotatable bonds is 5. The minimum absolute atomic E-state index is 0.124. The van der Waals surface area contributed by atoms with Crippen molar-refractivity contribution in [1.82, 2.24) is 10.1 Å². The number of hydrogen-bond donors (Lipinski definition) is 0.